The Hall–Kier alpha value is -2.49. The Labute approximate surface area is 134 Å². The maximum absolute atomic E-state index is 13.0. The Kier molecular flexibility index (Phi) is 4.24. The summed E-state index contributed by atoms with van der Waals surface area (Å²) in [7, 11) is 0. The lowest BCUT2D eigenvalue weighted by Crippen LogP contribution is -2.35. The molecule has 0 bridgehead atoms. The average molecular weight is 313 g/mol. The lowest BCUT2D eigenvalue weighted by molar-refractivity contribution is -0.693. The van der Waals surface area contributed by atoms with E-state index in [1.807, 2.05) is 0 Å². The molecule has 3 aromatic rings. The second-order valence-corrected chi connectivity index (χ2v) is 5.80. The monoisotopic (exact) mass is 313 g/mol. The summed E-state index contributed by atoms with van der Waals surface area (Å²) in [6.07, 6.45) is 2.05. The van der Waals surface area contributed by atoms with Crippen LogP contribution in [0.3, 0.4) is 0 Å². The number of aromatic nitrogens is 2. The molecule has 2 aromatic carbocycles. The first-order chi connectivity index (χ1) is 11.0. The molecule has 23 heavy (non-hydrogen) atoms. The highest BCUT2D eigenvalue weighted by Crippen LogP contribution is 2.10. The standard InChI is InChI=1S/C19H19F2N2/c1-14-15(2)23(12-17-5-9-19(21)10-6-17)13-22(14)11-16-3-7-18(20)8-4-16/h3-10,13H,11-12H2,1-2H3/q+1. The molecule has 0 aliphatic carbocycles. The second-order valence-electron chi connectivity index (χ2n) is 5.80. The molecule has 0 atom stereocenters. The molecule has 0 fully saturated rings. The van der Waals surface area contributed by atoms with Crippen molar-refractivity contribution in [3.63, 3.8) is 0 Å². The first-order valence-electron chi connectivity index (χ1n) is 7.57. The van der Waals surface area contributed by atoms with Gasteiger partial charge in [0.2, 0.25) is 6.33 Å². The molecule has 1 aromatic heterocycles. The van der Waals surface area contributed by atoms with E-state index in [2.05, 4.69) is 29.3 Å². The minimum Gasteiger partial charge on any atom is -0.230 e. The van der Waals surface area contributed by atoms with Crippen molar-refractivity contribution in [3.05, 3.63) is 89.0 Å². The van der Waals surface area contributed by atoms with E-state index in [0.29, 0.717) is 13.1 Å². The van der Waals surface area contributed by atoms with E-state index >= 15 is 0 Å². The van der Waals surface area contributed by atoms with Crippen molar-refractivity contribution < 1.29 is 13.3 Å². The number of halogens is 2. The fraction of sp³-hybridized carbons (Fsp3) is 0.211. The molecule has 0 saturated carbocycles. The first kappa shape index (κ1) is 15.4. The molecule has 0 aliphatic heterocycles. The summed E-state index contributed by atoms with van der Waals surface area (Å²) in [5, 5.41) is 0. The van der Waals surface area contributed by atoms with Crippen molar-refractivity contribution in [2.75, 3.05) is 0 Å². The number of hydrogen-bond acceptors (Lipinski definition) is 0. The maximum Gasteiger partial charge on any atom is 0.244 e. The van der Waals surface area contributed by atoms with Gasteiger partial charge in [0.1, 0.15) is 36.1 Å². The third-order valence-electron chi connectivity index (χ3n) is 4.20. The Bertz CT molecular complexity index is 735. The van der Waals surface area contributed by atoms with Gasteiger partial charge < -0.3 is 0 Å². The van der Waals surface area contributed by atoms with E-state index in [0.717, 1.165) is 22.5 Å². The lowest BCUT2D eigenvalue weighted by Gasteiger charge is -2.00. The average Bonchev–Trinajstić information content (AvgIpc) is 2.80. The van der Waals surface area contributed by atoms with E-state index < -0.39 is 0 Å². The normalized spacial score (nSPS) is 11.0. The minimum absolute atomic E-state index is 0.222. The summed E-state index contributed by atoms with van der Waals surface area (Å²) in [6.45, 7) is 5.53. The van der Waals surface area contributed by atoms with Crippen LogP contribution in [-0.2, 0) is 13.1 Å². The van der Waals surface area contributed by atoms with Crippen molar-refractivity contribution in [2.45, 2.75) is 26.9 Å². The summed E-state index contributed by atoms with van der Waals surface area (Å²) in [6, 6.07) is 13.1. The summed E-state index contributed by atoms with van der Waals surface area (Å²) in [5.41, 5.74) is 4.43. The van der Waals surface area contributed by atoms with Crippen LogP contribution in [0.1, 0.15) is 22.5 Å². The van der Waals surface area contributed by atoms with Crippen molar-refractivity contribution in [1.29, 1.82) is 0 Å². The molecule has 2 nitrogen and oxygen atoms in total. The molecule has 0 unspecified atom stereocenters. The molecule has 0 radical (unpaired) electrons. The van der Waals surface area contributed by atoms with Crippen LogP contribution in [0.5, 0.6) is 0 Å². The first-order valence-corrected chi connectivity index (χ1v) is 7.57. The topological polar surface area (TPSA) is 8.81 Å². The van der Waals surface area contributed by atoms with E-state index in [-0.39, 0.29) is 11.6 Å². The molecule has 0 aliphatic rings. The predicted octanol–water partition coefficient (Wildman–Crippen LogP) is 3.77. The van der Waals surface area contributed by atoms with Crippen LogP contribution in [0, 0.1) is 25.5 Å². The quantitative estimate of drug-likeness (QED) is 0.648. The summed E-state index contributed by atoms with van der Waals surface area (Å²) < 4.78 is 30.3. The van der Waals surface area contributed by atoms with Crippen LogP contribution < -0.4 is 4.57 Å². The summed E-state index contributed by atoms with van der Waals surface area (Å²) in [4.78, 5) is 0. The number of nitrogens with zero attached hydrogens (tertiary/aromatic N) is 2. The Morgan fingerprint density at radius 2 is 1.35 bits per heavy atom. The van der Waals surface area contributed by atoms with Crippen molar-refractivity contribution in [3.8, 4) is 0 Å². The van der Waals surface area contributed by atoms with E-state index in [1.54, 1.807) is 24.3 Å². The van der Waals surface area contributed by atoms with Gasteiger partial charge in [-0.1, -0.05) is 24.3 Å². The minimum atomic E-state index is -0.222. The maximum atomic E-state index is 13.0. The van der Waals surface area contributed by atoms with Crippen LogP contribution in [-0.4, -0.2) is 4.57 Å². The molecule has 1 heterocycles. The molecule has 118 valence electrons. The van der Waals surface area contributed by atoms with Crippen LogP contribution in [0.15, 0.2) is 54.9 Å². The van der Waals surface area contributed by atoms with Gasteiger partial charge in [0.15, 0.2) is 0 Å². The highest BCUT2D eigenvalue weighted by molar-refractivity contribution is 5.18. The third-order valence-corrected chi connectivity index (χ3v) is 4.20. The van der Waals surface area contributed by atoms with Gasteiger partial charge in [-0.2, -0.15) is 0 Å². The molecular formula is C19H19F2N2+. The number of imidazole rings is 1. The fourth-order valence-electron chi connectivity index (χ4n) is 2.65. The smallest absolute Gasteiger partial charge is 0.230 e. The molecule has 0 spiro atoms. The molecular weight excluding hydrogens is 294 g/mol. The lowest BCUT2D eigenvalue weighted by atomic mass is 10.2. The van der Waals surface area contributed by atoms with Crippen LogP contribution in [0.4, 0.5) is 8.78 Å². The molecule has 3 rings (SSSR count). The largest absolute Gasteiger partial charge is 0.244 e. The molecule has 0 amide bonds. The van der Waals surface area contributed by atoms with E-state index in [9.17, 15) is 8.78 Å². The van der Waals surface area contributed by atoms with Gasteiger partial charge in [0.05, 0.1) is 0 Å². The van der Waals surface area contributed by atoms with Gasteiger partial charge in [0.25, 0.3) is 0 Å². The third kappa shape index (κ3) is 3.47. The Morgan fingerprint density at radius 1 is 0.826 bits per heavy atom. The van der Waals surface area contributed by atoms with Gasteiger partial charge >= 0.3 is 0 Å². The van der Waals surface area contributed by atoms with E-state index in [4.69, 9.17) is 0 Å². The number of rotatable bonds is 4. The second kappa shape index (κ2) is 6.32. The van der Waals surface area contributed by atoms with Crippen molar-refractivity contribution >= 4 is 0 Å². The zero-order valence-corrected chi connectivity index (χ0v) is 13.3. The Balaban J connectivity index is 1.83. The van der Waals surface area contributed by atoms with Gasteiger partial charge in [-0.05, 0) is 35.4 Å². The van der Waals surface area contributed by atoms with Crippen LogP contribution >= 0.6 is 0 Å². The Morgan fingerprint density at radius 3 is 1.91 bits per heavy atom. The summed E-state index contributed by atoms with van der Waals surface area (Å²) in [5.74, 6) is -0.443. The highest BCUT2D eigenvalue weighted by atomic mass is 19.1. The van der Waals surface area contributed by atoms with E-state index in [1.165, 1.54) is 24.3 Å². The predicted molar refractivity (Wildman–Crippen MR) is 85.1 cm³/mol. The van der Waals surface area contributed by atoms with Gasteiger partial charge in [-0.3, -0.25) is 0 Å². The zero-order chi connectivity index (χ0) is 16.4. The zero-order valence-electron chi connectivity index (χ0n) is 13.3. The number of hydrogen-bond donors (Lipinski definition) is 0. The molecule has 0 saturated heterocycles. The number of benzene rings is 2. The highest BCUT2D eigenvalue weighted by Gasteiger charge is 2.16. The van der Waals surface area contributed by atoms with Crippen LogP contribution in [0.2, 0.25) is 0 Å². The summed E-state index contributed by atoms with van der Waals surface area (Å²) >= 11 is 0. The van der Waals surface area contributed by atoms with Gasteiger partial charge in [-0.25, -0.2) is 17.9 Å². The molecule has 0 N–H and O–H groups in total. The van der Waals surface area contributed by atoms with Gasteiger partial charge in [-0.15, -0.1) is 0 Å². The van der Waals surface area contributed by atoms with Gasteiger partial charge in [0, 0.05) is 13.8 Å². The van der Waals surface area contributed by atoms with Crippen molar-refractivity contribution in [1.82, 2.24) is 4.57 Å². The van der Waals surface area contributed by atoms with Crippen LogP contribution in [0.25, 0.3) is 0 Å². The molecule has 4 heteroatoms. The fourth-order valence-corrected chi connectivity index (χ4v) is 2.65. The SMILES string of the molecule is Cc1c(C)[n+](Cc2ccc(F)cc2)cn1Cc1ccc(F)cc1. The van der Waals surface area contributed by atoms with Crippen molar-refractivity contribution in [2.24, 2.45) is 0 Å².